The maximum absolute atomic E-state index is 11.8. The van der Waals surface area contributed by atoms with Gasteiger partial charge in [-0.2, -0.15) is 5.10 Å². The summed E-state index contributed by atoms with van der Waals surface area (Å²) in [5.41, 5.74) is 16.7. The number of aromatic amines is 3. The van der Waals surface area contributed by atoms with E-state index >= 15 is 0 Å². The molecule has 7 aliphatic rings. The van der Waals surface area contributed by atoms with Crippen LogP contribution in [0, 0.1) is 0 Å². The summed E-state index contributed by atoms with van der Waals surface area (Å²) in [7, 11) is -3.01. The van der Waals surface area contributed by atoms with Crippen molar-refractivity contribution in [3.8, 4) is 85.1 Å². The van der Waals surface area contributed by atoms with Crippen LogP contribution in [0.15, 0.2) is 176 Å². The molecule has 2 unspecified atom stereocenters. The number of fused-ring (bicyclic) bond motifs is 6. The summed E-state index contributed by atoms with van der Waals surface area (Å²) in [5, 5.41) is 44.4. The van der Waals surface area contributed by atoms with Crippen LogP contribution in [0.3, 0.4) is 0 Å². The molecular weight excluding hydrogens is 1490 g/mol. The SMILES string of the molecule is CC(CO)Oc1ccc(-c2ccc(-c3nc4cc(O[C@@H]5CO[C@H]6[C@@H]5OC[C@H]6O)[nH]c4cc3Cl)cc2)cc1.CS(=O)(=O)C1CC=C(c2ccc(-c3nc4cc(O[C@@H]5CO[C@H]6[C@@H]5OC[C@H]6O)[nH]c4cc3Cl)cc2)CC1.O[C@@H]1CO[C@H]2[C@@H]1OC[C@H]2Oc1cc2nc(-c3ccc(-c4ccc(-n5cncn5)cc4)cc3)c(Cl)cc2[nH]1. The van der Waals surface area contributed by atoms with Gasteiger partial charge in [-0.25, -0.2) is 33.0 Å². The zero-order valence-corrected chi connectivity index (χ0v) is 62.4. The highest BCUT2D eigenvalue weighted by atomic mass is 35.5. The van der Waals surface area contributed by atoms with Crippen molar-refractivity contribution >= 4 is 83.3 Å². The van der Waals surface area contributed by atoms with Crippen LogP contribution in [0.1, 0.15) is 31.7 Å². The van der Waals surface area contributed by atoms with Crippen LogP contribution in [0.5, 0.6) is 23.4 Å². The Balaban J connectivity index is 0.000000120. The standard InChI is InChI=1S/C28H27ClN2O6.C27H22ClN5O4.C26H27ClN2O6S/c1-15(12-32)36-19-8-6-17(7-9-19)16-2-4-18(5-3-16)26-20(29)10-21-22(31-26)11-25(30-21)37-24-14-35-27-23(33)13-34-28(24)27;28-19-9-20-21(10-24(31-20)37-23-12-36-26-22(34)11-35-27(23)26)32-25(19)17-3-1-15(2-4-17)16-5-7-18(8-6-16)33-14-29-13-30-33;1-36(31,32)17-8-6-15(7-9-17)14-2-4-16(5-3-14)24-18(27)10-19-20(29-24)11-23(28-19)35-22-13-34-25-21(30)12-33-26(22)25/h2-11,15,23-24,27-28,30,32-33H,12-14H2,1H3;1-10,13-14,22-23,26-27,31,34H,11-12H2;2-6,10-11,17,21-22,25-26,28,30H,7-9,12-13H2,1H3/t15?,23-,24-,27-,28-;22-,23-,26-,27-;17?,21-,22-,25-,26-/m111/s1. The summed E-state index contributed by atoms with van der Waals surface area (Å²) in [5.74, 6) is 2.36. The van der Waals surface area contributed by atoms with E-state index in [2.05, 4.69) is 49.3 Å². The number of pyridine rings is 3. The smallest absolute Gasteiger partial charge is 0.193 e. The monoisotopic (exact) mass is 1570 g/mol. The molecule has 1 aliphatic carbocycles. The fourth-order valence-electron chi connectivity index (χ4n) is 15.0. The van der Waals surface area contributed by atoms with Gasteiger partial charge < -0.3 is 82.7 Å². The quantitative estimate of drug-likeness (QED) is 0.0445. The Kier molecular flexibility index (Phi) is 20.8. The number of nitrogens with one attached hydrogen (secondary N) is 3. The highest BCUT2D eigenvalue weighted by Gasteiger charge is 2.51. The van der Waals surface area contributed by atoms with E-state index in [0.29, 0.717) is 82.5 Å². The molecule has 14 atom stereocenters. The molecule has 110 heavy (non-hydrogen) atoms. The molecule has 7 N–H and O–H groups in total. The average Bonchev–Trinajstić information content (AvgIpc) is 1.63. The van der Waals surface area contributed by atoms with Gasteiger partial charge in [0.2, 0.25) is 0 Å². The summed E-state index contributed by atoms with van der Waals surface area (Å²) >= 11 is 19.8. The van der Waals surface area contributed by atoms with E-state index in [1.165, 1.54) is 18.2 Å². The zero-order valence-electron chi connectivity index (χ0n) is 59.3. The number of hydrogen-bond donors (Lipinski definition) is 7. The topological polar surface area (TPSA) is 324 Å². The highest BCUT2D eigenvalue weighted by molar-refractivity contribution is 7.91. The molecule has 0 saturated carbocycles. The van der Waals surface area contributed by atoms with Gasteiger partial charge in [-0.15, -0.1) is 0 Å². The first-order valence-corrected chi connectivity index (χ1v) is 39.3. The minimum atomic E-state index is -3.01. The van der Waals surface area contributed by atoms with Crippen LogP contribution in [-0.2, 0) is 38.3 Å². The number of allylic oxidation sites excluding steroid dienone is 2. The van der Waals surface area contributed by atoms with Gasteiger partial charge in [0.15, 0.2) is 45.8 Å². The molecule has 7 aromatic heterocycles. The first-order chi connectivity index (χ1) is 53.4. The molecule has 13 heterocycles. The van der Waals surface area contributed by atoms with Gasteiger partial charge in [0.25, 0.3) is 0 Å². The lowest BCUT2D eigenvalue weighted by atomic mass is 9.92. The van der Waals surface area contributed by atoms with Gasteiger partial charge in [-0.05, 0) is 102 Å². The van der Waals surface area contributed by atoms with E-state index in [1.807, 2.05) is 146 Å². The zero-order chi connectivity index (χ0) is 75.5. The summed E-state index contributed by atoms with van der Waals surface area (Å²) in [6.45, 7) is 3.61. The molecular formula is C81H76Cl3N9O16S. The molecule has 12 aromatic rings. The molecule has 6 fully saturated rings. The molecule has 5 aromatic carbocycles. The average molecular weight is 1570 g/mol. The number of sulfone groups is 1. The minimum absolute atomic E-state index is 0.0287. The maximum atomic E-state index is 11.8. The van der Waals surface area contributed by atoms with Crippen LogP contribution < -0.4 is 18.9 Å². The Bertz CT molecular complexity index is 5450. The third kappa shape index (κ3) is 15.3. The largest absolute Gasteiger partial charge is 0.488 e. The Labute approximate surface area is 645 Å². The predicted molar refractivity (Wildman–Crippen MR) is 413 cm³/mol. The first kappa shape index (κ1) is 73.5. The number of ether oxygens (including phenoxy) is 10. The molecule has 6 saturated heterocycles. The molecule has 6 aliphatic heterocycles. The third-order valence-electron chi connectivity index (χ3n) is 20.9. The number of rotatable bonds is 17. The van der Waals surface area contributed by atoms with E-state index in [1.54, 1.807) is 11.0 Å². The maximum Gasteiger partial charge on any atom is 0.193 e. The van der Waals surface area contributed by atoms with E-state index in [4.69, 9.17) is 102 Å². The molecule has 0 amide bonds. The number of benzene rings is 5. The Hall–Kier alpha value is -9.33. The molecule has 29 heteroatoms. The second kappa shape index (κ2) is 31.1. The van der Waals surface area contributed by atoms with Gasteiger partial charge in [0.1, 0.15) is 79.4 Å². The normalized spacial score (nSPS) is 25.0. The lowest BCUT2D eigenvalue weighted by Gasteiger charge is -2.20. The number of aliphatic hydroxyl groups is 4. The van der Waals surface area contributed by atoms with Crippen LogP contribution in [0.4, 0.5) is 0 Å². The number of aliphatic hydroxyl groups excluding tert-OH is 4. The van der Waals surface area contributed by atoms with Crippen LogP contribution in [-0.4, -0.2) is 211 Å². The van der Waals surface area contributed by atoms with Crippen molar-refractivity contribution in [2.24, 2.45) is 0 Å². The molecule has 25 nitrogen and oxygen atoms in total. The van der Waals surface area contributed by atoms with E-state index < -0.39 is 28.1 Å². The van der Waals surface area contributed by atoms with Crippen molar-refractivity contribution in [3.05, 3.63) is 197 Å². The molecule has 568 valence electrons. The van der Waals surface area contributed by atoms with Crippen molar-refractivity contribution in [2.45, 2.75) is 111 Å². The predicted octanol–water partition coefficient (Wildman–Crippen LogP) is 12.0. The molecule has 0 bridgehead atoms. The van der Waals surface area contributed by atoms with Crippen molar-refractivity contribution in [3.63, 3.8) is 0 Å². The Morgan fingerprint density at radius 3 is 1.22 bits per heavy atom. The van der Waals surface area contributed by atoms with Crippen molar-refractivity contribution in [1.29, 1.82) is 0 Å². The van der Waals surface area contributed by atoms with Gasteiger partial charge in [0.05, 0.1) is 122 Å². The summed E-state index contributed by atoms with van der Waals surface area (Å²) in [4.78, 5) is 28.0. The lowest BCUT2D eigenvalue weighted by molar-refractivity contribution is 0.00792. The number of hydrogen-bond acceptors (Lipinski definition) is 21. The van der Waals surface area contributed by atoms with Crippen molar-refractivity contribution in [2.75, 3.05) is 52.5 Å². The minimum Gasteiger partial charge on any atom is -0.488 e. The molecule has 0 spiro atoms. The Morgan fingerprint density at radius 1 is 0.500 bits per heavy atom. The summed E-state index contributed by atoms with van der Waals surface area (Å²) in [6.07, 6.45) is 3.52. The van der Waals surface area contributed by atoms with Crippen LogP contribution in [0.25, 0.3) is 100 Å². The highest BCUT2D eigenvalue weighted by Crippen LogP contribution is 2.41. The molecule has 0 radical (unpaired) electrons. The fraction of sp³-hybridized carbons (Fsp3) is 0.321. The Morgan fingerprint density at radius 2 is 0.864 bits per heavy atom. The summed E-state index contributed by atoms with van der Waals surface area (Å²) < 4.78 is 83.1. The van der Waals surface area contributed by atoms with E-state index in [-0.39, 0.29) is 92.7 Å². The van der Waals surface area contributed by atoms with Crippen molar-refractivity contribution < 1.29 is 76.2 Å². The van der Waals surface area contributed by atoms with Gasteiger partial charge in [-0.3, -0.25) is 0 Å². The van der Waals surface area contributed by atoms with Gasteiger partial charge >= 0.3 is 0 Å². The molecule has 19 rings (SSSR count). The second-order valence-corrected chi connectivity index (χ2v) is 31.9. The van der Waals surface area contributed by atoms with E-state index in [9.17, 15) is 23.7 Å². The summed E-state index contributed by atoms with van der Waals surface area (Å²) in [6, 6.07) is 51.2. The number of nitrogens with zero attached hydrogens (tertiary/aromatic N) is 6. The lowest BCUT2D eigenvalue weighted by Crippen LogP contribution is -2.34. The second-order valence-electron chi connectivity index (χ2n) is 28.3. The van der Waals surface area contributed by atoms with Gasteiger partial charge in [-0.1, -0.05) is 138 Å². The van der Waals surface area contributed by atoms with Crippen LogP contribution in [0.2, 0.25) is 15.1 Å². The van der Waals surface area contributed by atoms with Crippen LogP contribution >= 0.6 is 34.8 Å². The number of H-pyrrole nitrogens is 3. The number of halogens is 3. The van der Waals surface area contributed by atoms with Gasteiger partial charge in [0, 0.05) is 41.1 Å². The fourth-order valence-corrected chi connectivity index (χ4v) is 16.8. The third-order valence-corrected chi connectivity index (χ3v) is 23.4. The first-order valence-electron chi connectivity index (χ1n) is 36.2. The van der Waals surface area contributed by atoms with Crippen molar-refractivity contribution in [1.82, 2.24) is 44.7 Å². The van der Waals surface area contributed by atoms with E-state index in [0.717, 1.165) is 95.5 Å². The number of aromatic nitrogens is 9.